The number of carbonyl (C=O) groups is 1. The van der Waals surface area contributed by atoms with E-state index in [9.17, 15) is 4.79 Å². The number of hydrogen-bond acceptors (Lipinski definition) is 2. The van der Waals surface area contributed by atoms with E-state index in [1.165, 1.54) is 5.56 Å². The number of piperidine rings is 1. The Bertz CT molecular complexity index is 404. The van der Waals surface area contributed by atoms with E-state index in [1.54, 1.807) is 0 Å². The molecule has 0 saturated carbocycles. The van der Waals surface area contributed by atoms with Gasteiger partial charge in [-0.1, -0.05) is 37.3 Å². The number of nitrogens with one attached hydrogen (secondary N) is 1. The normalized spacial score (nSPS) is 24.1. The predicted octanol–water partition coefficient (Wildman–Crippen LogP) is 2.08. The molecule has 0 unspecified atom stereocenters. The Morgan fingerprint density at radius 1 is 1.37 bits per heavy atom. The van der Waals surface area contributed by atoms with Crippen LogP contribution in [-0.2, 0) is 11.2 Å². The molecule has 1 heterocycles. The van der Waals surface area contributed by atoms with Gasteiger partial charge in [0.05, 0.1) is 0 Å². The first-order valence-corrected chi connectivity index (χ1v) is 7.17. The van der Waals surface area contributed by atoms with E-state index in [-0.39, 0.29) is 5.91 Å². The molecule has 1 saturated heterocycles. The van der Waals surface area contributed by atoms with Crippen LogP contribution in [-0.4, -0.2) is 37.0 Å². The van der Waals surface area contributed by atoms with Gasteiger partial charge in [0.15, 0.2) is 0 Å². The van der Waals surface area contributed by atoms with Crippen LogP contribution in [0.3, 0.4) is 0 Å². The molecule has 0 aromatic heterocycles. The first-order chi connectivity index (χ1) is 9.15. The zero-order valence-electron chi connectivity index (χ0n) is 11.9. The van der Waals surface area contributed by atoms with E-state index in [4.69, 9.17) is 0 Å². The lowest BCUT2D eigenvalue weighted by Crippen LogP contribution is -2.48. The molecule has 2 atom stereocenters. The Morgan fingerprint density at radius 2 is 2.11 bits per heavy atom. The summed E-state index contributed by atoms with van der Waals surface area (Å²) in [6.45, 7) is 4.37. The van der Waals surface area contributed by atoms with E-state index in [0.29, 0.717) is 18.4 Å². The number of carbonyl (C=O) groups excluding carboxylic acids is 1. The van der Waals surface area contributed by atoms with Crippen molar-refractivity contribution in [1.82, 2.24) is 10.2 Å². The largest absolute Gasteiger partial charge is 0.353 e. The van der Waals surface area contributed by atoms with Gasteiger partial charge < -0.3 is 10.2 Å². The van der Waals surface area contributed by atoms with Crippen LogP contribution in [0.25, 0.3) is 0 Å². The second kappa shape index (κ2) is 6.71. The summed E-state index contributed by atoms with van der Waals surface area (Å²) < 4.78 is 0. The second-order valence-electron chi connectivity index (χ2n) is 5.69. The van der Waals surface area contributed by atoms with Gasteiger partial charge in [0, 0.05) is 19.0 Å². The van der Waals surface area contributed by atoms with Gasteiger partial charge in [0.2, 0.25) is 5.91 Å². The maximum Gasteiger partial charge on any atom is 0.220 e. The summed E-state index contributed by atoms with van der Waals surface area (Å²) in [5.41, 5.74) is 1.23. The number of rotatable bonds is 4. The Morgan fingerprint density at radius 3 is 2.79 bits per heavy atom. The molecule has 104 valence electrons. The Labute approximate surface area is 116 Å². The highest BCUT2D eigenvalue weighted by molar-refractivity contribution is 5.76. The van der Waals surface area contributed by atoms with Crippen LogP contribution in [0.4, 0.5) is 0 Å². The Kier molecular flexibility index (Phi) is 4.97. The Balaban J connectivity index is 1.75. The van der Waals surface area contributed by atoms with Crippen LogP contribution >= 0.6 is 0 Å². The van der Waals surface area contributed by atoms with Crippen molar-refractivity contribution in [2.75, 3.05) is 20.1 Å². The third kappa shape index (κ3) is 4.35. The molecule has 1 aromatic rings. The van der Waals surface area contributed by atoms with Crippen LogP contribution in [0.1, 0.15) is 25.3 Å². The third-order valence-corrected chi connectivity index (χ3v) is 3.94. The highest BCUT2D eigenvalue weighted by Crippen LogP contribution is 2.15. The highest BCUT2D eigenvalue weighted by Gasteiger charge is 2.25. The van der Waals surface area contributed by atoms with Crippen molar-refractivity contribution in [2.24, 2.45) is 5.92 Å². The average molecular weight is 260 g/mol. The molecule has 1 aliphatic rings. The standard InChI is InChI=1S/C16H24N2O/c1-13-12-18(2)11-10-15(13)17-16(19)9-8-14-6-4-3-5-7-14/h3-7,13,15H,8-12H2,1-2H3,(H,17,19)/t13-,15-/m0/s1. The minimum Gasteiger partial charge on any atom is -0.353 e. The van der Waals surface area contributed by atoms with Crippen molar-refractivity contribution >= 4 is 5.91 Å². The van der Waals surface area contributed by atoms with Crippen molar-refractivity contribution in [2.45, 2.75) is 32.2 Å². The zero-order chi connectivity index (χ0) is 13.7. The lowest BCUT2D eigenvalue weighted by molar-refractivity contribution is -0.122. The van der Waals surface area contributed by atoms with Gasteiger partial charge in [-0.2, -0.15) is 0 Å². The van der Waals surface area contributed by atoms with Crippen molar-refractivity contribution in [1.29, 1.82) is 0 Å². The van der Waals surface area contributed by atoms with Crippen LogP contribution in [0.15, 0.2) is 30.3 Å². The molecular weight excluding hydrogens is 236 g/mol. The molecular formula is C16H24N2O. The number of hydrogen-bond donors (Lipinski definition) is 1. The molecule has 3 heteroatoms. The van der Waals surface area contributed by atoms with Gasteiger partial charge in [-0.25, -0.2) is 0 Å². The topological polar surface area (TPSA) is 32.3 Å². The second-order valence-corrected chi connectivity index (χ2v) is 5.69. The minimum absolute atomic E-state index is 0.185. The van der Waals surface area contributed by atoms with E-state index in [0.717, 1.165) is 25.9 Å². The molecule has 19 heavy (non-hydrogen) atoms. The smallest absolute Gasteiger partial charge is 0.220 e. The average Bonchev–Trinajstić information content (AvgIpc) is 2.41. The van der Waals surface area contributed by atoms with Crippen LogP contribution in [0.5, 0.6) is 0 Å². The summed E-state index contributed by atoms with van der Waals surface area (Å²) >= 11 is 0. The molecule has 1 fully saturated rings. The fourth-order valence-electron chi connectivity index (χ4n) is 2.75. The molecule has 1 aromatic carbocycles. The lowest BCUT2D eigenvalue weighted by Gasteiger charge is -2.35. The fourth-order valence-corrected chi connectivity index (χ4v) is 2.75. The monoisotopic (exact) mass is 260 g/mol. The van der Waals surface area contributed by atoms with Gasteiger partial charge in [-0.05, 0) is 37.9 Å². The summed E-state index contributed by atoms with van der Waals surface area (Å²) in [5, 5.41) is 3.19. The molecule has 2 rings (SSSR count). The van der Waals surface area contributed by atoms with Crippen LogP contribution in [0.2, 0.25) is 0 Å². The fraction of sp³-hybridized carbons (Fsp3) is 0.562. The molecule has 0 spiro atoms. The van der Waals surface area contributed by atoms with E-state index in [1.807, 2.05) is 18.2 Å². The highest BCUT2D eigenvalue weighted by atomic mass is 16.1. The predicted molar refractivity (Wildman–Crippen MR) is 78.0 cm³/mol. The number of amides is 1. The van der Waals surface area contributed by atoms with Gasteiger partial charge in [-0.3, -0.25) is 4.79 Å². The van der Waals surface area contributed by atoms with Gasteiger partial charge in [-0.15, -0.1) is 0 Å². The van der Waals surface area contributed by atoms with Crippen molar-refractivity contribution in [3.63, 3.8) is 0 Å². The Hall–Kier alpha value is -1.35. The first kappa shape index (κ1) is 14.1. The zero-order valence-corrected chi connectivity index (χ0v) is 11.9. The van der Waals surface area contributed by atoms with Crippen molar-refractivity contribution in [3.05, 3.63) is 35.9 Å². The first-order valence-electron chi connectivity index (χ1n) is 7.17. The molecule has 1 amide bonds. The van der Waals surface area contributed by atoms with E-state index >= 15 is 0 Å². The molecule has 1 aliphatic heterocycles. The minimum atomic E-state index is 0.185. The molecule has 0 aliphatic carbocycles. The number of aryl methyl sites for hydroxylation is 1. The van der Waals surface area contributed by atoms with Gasteiger partial charge >= 0.3 is 0 Å². The van der Waals surface area contributed by atoms with Gasteiger partial charge in [0.25, 0.3) is 0 Å². The molecule has 0 radical (unpaired) electrons. The number of benzene rings is 1. The van der Waals surface area contributed by atoms with Gasteiger partial charge in [0.1, 0.15) is 0 Å². The SMILES string of the molecule is C[C@H]1CN(C)CC[C@@H]1NC(=O)CCc1ccccc1. The summed E-state index contributed by atoms with van der Waals surface area (Å²) in [4.78, 5) is 14.3. The lowest BCUT2D eigenvalue weighted by atomic mass is 9.94. The third-order valence-electron chi connectivity index (χ3n) is 3.94. The van der Waals surface area contributed by atoms with Crippen molar-refractivity contribution in [3.8, 4) is 0 Å². The molecule has 3 nitrogen and oxygen atoms in total. The summed E-state index contributed by atoms with van der Waals surface area (Å²) in [5.74, 6) is 0.727. The number of nitrogens with zero attached hydrogens (tertiary/aromatic N) is 1. The molecule has 0 bridgehead atoms. The quantitative estimate of drug-likeness (QED) is 0.899. The van der Waals surface area contributed by atoms with E-state index in [2.05, 4.69) is 36.3 Å². The summed E-state index contributed by atoms with van der Waals surface area (Å²) in [6, 6.07) is 10.5. The van der Waals surface area contributed by atoms with E-state index < -0.39 is 0 Å². The maximum atomic E-state index is 12.0. The summed E-state index contributed by atoms with van der Waals surface area (Å²) in [6.07, 6.45) is 2.48. The number of likely N-dealkylation sites (tertiary alicyclic amines) is 1. The maximum absolute atomic E-state index is 12.0. The van der Waals surface area contributed by atoms with Crippen LogP contribution in [0, 0.1) is 5.92 Å². The van der Waals surface area contributed by atoms with Crippen LogP contribution < -0.4 is 5.32 Å². The summed E-state index contributed by atoms with van der Waals surface area (Å²) in [7, 11) is 2.14. The molecule has 1 N–H and O–H groups in total. The van der Waals surface area contributed by atoms with Crippen molar-refractivity contribution < 1.29 is 4.79 Å².